The van der Waals surface area contributed by atoms with Crippen molar-refractivity contribution in [2.75, 3.05) is 39.8 Å². The normalized spacial score (nSPS) is 14.0. The molecule has 0 aliphatic carbocycles. The fraction of sp³-hybridized carbons (Fsp3) is 0.500. The van der Waals surface area contributed by atoms with Gasteiger partial charge in [-0.15, -0.1) is 0 Å². The van der Waals surface area contributed by atoms with Crippen LogP contribution in [0, 0.1) is 0 Å². The summed E-state index contributed by atoms with van der Waals surface area (Å²) in [4.78, 5) is 5.94. The lowest BCUT2D eigenvalue weighted by Gasteiger charge is -2.18. The molecule has 0 unspecified atom stereocenters. The summed E-state index contributed by atoms with van der Waals surface area (Å²) in [6.07, 6.45) is 0. The number of aromatic nitrogens is 1. The minimum Gasteiger partial charge on any atom is -0.497 e. The van der Waals surface area contributed by atoms with E-state index in [-0.39, 0.29) is 0 Å². The third-order valence-corrected chi connectivity index (χ3v) is 4.63. The quantitative estimate of drug-likeness (QED) is 0.812. The molecule has 1 aliphatic rings. The van der Waals surface area contributed by atoms with Crippen LogP contribution in [0.1, 0.15) is 19.5 Å². The first-order valence-electron chi connectivity index (χ1n) is 8.51. The van der Waals surface area contributed by atoms with Crippen LogP contribution in [0.15, 0.2) is 24.3 Å². The molecule has 0 saturated heterocycles. The van der Waals surface area contributed by atoms with E-state index in [1.165, 1.54) is 16.6 Å². The number of amidine groups is 1. The molecule has 1 aromatic carbocycles. The van der Waals surface area contributed by atoms with E-state index in [4.69, 9.17) is 4.74 Å². The number of hydrogen-bond acceptors (Lipinski definition) is 3. The molecule has 0 bridgehead atoms. The minimum absolute atomic E-state index is 0.907. The monoisotopic (exact) mass is 315 g/mol. The minimum atomic E-state index is 0.907. The molecule has 0 spiro atoms. The third kappa shape index (κ3) is 3.20. The van der Waals surface area contributed by atoms with Gasteiger partial charge < -0.3 is 14.2 Å². The van der Waals surface area contributed by atoms with Gasteiger partial charge in [0.05, 0.1) is 20.2 Å². The number of rotatable bonds is 6. The van der Waals surface area contributed by atoms with E-state index in [1.54, 1.807) is 7.11 Å². The number of benzene rings is 1. The number of nitrogens with zero attached hydrogens (tertiary/aromatic N) is 2. The topological polar surface area (TPSA) is 43.4 Å². The molecule has 0 radical (unpaired) electrons. The molecule has 2 heterocycles. The second-order valence-corrected chi connectivity index (χ2v) is 5.86. The molecule has 3 rings (SSSR count). The highest BCUT2D eigenvalue weighted by molar-refractivity contribution is 5.99. The van der Waals surface area contributed by atoms with Gasteiger partial charge in [0, 0.05) is 17.4 Å². The smallest absolute Gasteiger partial charge is 0.292 e. The predicted molar refractivity (Wildman–Crippen MR) is 94.2 cm³/mol. The molecule has 1 aliphatic heterocycles. The fourth-order valence-corrected chi connectivity index (χ4v) is 3.24. The van der Waals surface area contributed by atoms with Crippen LogP contribution in [0.3, 0.4) is 0 Å². The van der Waals surface area contributed by atoms with Gasteiger partial charge in [-0.1, -0.05) is 13.8 Å². The summed E-state index contributed by atoms with van der Waals surface area (Å²) in [5, 5.41) is 4.81. The van der Waals surface area contributed by atoms with E-state index in [0.717, 1.165) is 50.9 Å². The summed E-state index contributed by atoms with van der Waals surface area (Å²) in [6.45, 7) is 10.6. The first-order valence-corrected chi connectivity index (χ1v) is 8.51. The van der Waals surface area contributed by atoms with Crippen molar-refractivity contribution in [3.8, 4) is 5.75 Å². The van der Waals surface area contributed by atoms with Crippen LogP contribution < -0.4 is 15.0 Å². The van der Waals surface area contributed by atoms with Crippen LogP contribution in [0.5, 0.6) is 5.75 Å². The molecular formula is C18H27N4O+. The summed E-state index contributed by atoms with van der Waals surface area (Å²) in [5.74, 6) is 2.04. The van der Waals surface area contributed by atoms with Gasteiger partial charge in [-0.25, -0.2) is 0 Å². The highest BCUT2D eigenvalue weighted by Gasteiger charge is 2.22. The molecule has 0 fully saturated rings. The standard InChI is InChI=1S/C18H26N4O/c1-4-21(5-2)10-8-19-18-17-13-14-12-15(23-3)6-7-16(14)22(17)11-9-20-18/h6-7,12-13H,4-5,8-11H2,1-3H3,(H,19,20)/p+1. The SMILES string of the molecule is CCN(CC)CCNC1=[NH+]CCn2c1cc1cc(OC)ccc12. The number of nitrogens with one attached hydrogen (secondary N) is 2. The van der Waals surface area contributed by atoms with Crippen molar-refractivity contribution in [1.29, 1.82) is 0 Å². The highest BCUT2D eigenvalue weighted by Crippen LogP contribution is 2.24. The molecule has 23 heavy (non-hydrogen) atoms. The van der Waals surface area contributed by atoms with Crippen molar-refractivity contribution in [1.82, 2.24) is 14.8 Å². The van der Waals surface area contributed by atoms with Gasteiger partial charge in [0.2, 0.25) is 0 Å². The summed E-state index contributed by atoms with van der Waals surface area (Å²) in [5.41, 5.74) is 2.50. The van der Waals surface area contributed by atoms with E-state index in [9.17, 15) is 0 Å². The molecule has 0 saturated carbocycles. The second kappa shape index (κ2) is 7.04. The lowest BCUT2D eigenvalue weighted by molar-refractivity contribution is -0.463. The number of likely N-dealkylation sites (N-methyl/N-ethyl adjacent to an activating group) is 1. The third-order valence-electron chi connectivity index (χ3n) is 4.63. The van der Waals surface area contributed by atoms with E-state index in [2.05, 4.69) is 51.8 Å². The van der Waals surface area contributed by atoms with E-state index in [0.29, 0.717) is 0 Å². The van der Waals surface area contributed by atoms with Crippen LogP contribution in [-0.2, 0) is 6.54 Å². The number of methoxy groups -OCH3 is 1. The van der Waals surface area contributed by atoms with Gasteiger partial charge in [0.15, 0.2) is 0 Å². The van der Waals surface area contributed by atoms with Gasteiger partial charge in [0.1, 0.15) is 18.0 Å². The number of hydrogen-bond donors (Lipinski definition) is 2. The number of fused-ring (bicyclic) bond motifs is 3. The van der Waals surface area contributed by atoms with Crippen molar-refractivity contribution < 1.29 is 9.73 Å². The maximum absolute atomic E-state index is 5.34. The predicted octanol–water partition coefficient (Wildman–Crippen LogP) is 0.422. The lowest BCUT2D eigenvalue weighted by Crippen LogP contribution is -2.79. The van der Waals surface area contributed by atoms with Crippen LogP contribution in [-0.4, -0.2) is 55.1 Å². The van der Waals surface area contributed by atoms with Gasteiger partial charge in [-0.3, -0.25) is 10.3 Å². The molecule has 0 atom stereocenters. The fourth-order valence-electron chi connectivity index (χ4n) is 3.24. The Morgan fingerprint density at radius 2 is 2.09 bits per heavy atom. The first-order chi connectivity index (χ1) is 11.3. The van der Waals surface area contributed by atoms with Gasteiger partial charge in [0.25, 0.3) is 5.84 Å². The van der Waals surface area contributed by atoms with Crippen molar-refractivity contribution in [3.63, 3.8) is 0 Å². The van der Waals surface area contributed by atoms with Crippen molar-refractivity contribution >= 4 is 16.7 Å². The van der Waals surface area contributed by atoms with Gasteiger partial charge in [-0.05, 0) is 37.4 Å². The van der Waals surface area contributed by atoms with Gasteiger partial charge >= 0.3 is 0 Å². The lowest BCUT2D eigenvalue weighted by atomic mass is 10.2. The largest absolute Gasteiger partial charge is 0.497 e. The maximum Gasteiger partial charge on any atom is 0.292 e. The van der Waals surface area contributed by atoms with Crippen LogP contribution in [0.2, 0.25) is 0 Å². The molecule has 5 heteroatoms. The van der Waals surface area contributed by atoms with Crippen molar-refractivity contribution in [3.05, 3.63) is 30.0 Å². The van der Waals surface area contributed by atoms with E-state index < -0.39 is 0 Å². The summed E-state index contributed by atoms with van der Waals surface area (Å²) >= 11 is 0. The molecule has 124 valence electrons. The van der Waals surface area contributed by atoms with Crippen molar-refractivity contribution in [2.45, 2.75) is 20.4 Å². The second-order valence-electron chi connectivity index (χ2n) is 5.86. The summed E-state index contributed by atoms with van der Waals surface area (Å²) < 4.78 is 7.72. The summed E-state index contributed by atoms with van der Waals surface area (Å²) in [7, 11) is 1.71. The first kappa shape index (κ1) is 15.9. The Kier molecular flexibility index (Phi) is 4.86. The Morgan fingerprint density at radius 3 is 2.83 bits per heavy atom. The molecular weight excluding hydrogens is 288 g/mol. The van der Waals surface area contributed by atoms with Gasteiger partial charge in [-0.2, -0.15) is 0 Å². The zero-order valence-corrected chi connectivity index (χ0v) is 14.4. The highest BCUT2D eigenvalue weighted by atomic mass is 16.5. The average molecular weight is 315 g/mol. The zero-order valence-electron chi connectivity index (χ0n) is 14.4. The molecule has 1 aromatic heterocycles. The van der Waals surface area contributed by atoms with E-state index in [1.807, 2.05) is 6.07 Å². The maximum atomic E-state index is 5.34. The Balaban J connectivity index is 1.79. The van der Waals surface area contributed by atoms with E-state index >= 15 is 0 Å². The Bertz CT molecular complexity index is 700. The zero-order chi connectivity index (χ0) is 16.2. The Morgan fingerprint density at radius 1 is 1.26 bits per heavy atom. The summed E-state index contributed by atoms with van der Waals surface area (Å²) in [6, 6.07) is 8.53. The van der Waals surface area contributed by atoms with Crippen molar-refractivity contribution in [2.24, 2.45) is 0 Å². The molecule has 2 aromatic rings. The van der Waals surface area contributed by atoms with Crippen LogP contribution >= 0.6 is 0 Å². The average Bonchev–Trinajstić information content (AvgIpc) is 2.97. The molecule has 2 N–H and O–H groups in total. The molecule has 0 amide bonds. The Hall–Kier alpha value is -2.01. The van der Waals surface area contributed by atoms with Crippen LogP contribution in [0.25, 0.3) is 10.9 Å². The molecule has 5 nitrogen and oxygen atoms in total. The Labute approximate surface area is 137 Å². The number of ether oxygens (including phenoxy) is 1. The van der Waals surface area contributed by atoms with Crippen LogP contribution in [0.4, 0.5) is 0 Å².